The van der Waals surface area contributed by atoms with Crippen molar-refractivity contribution in [1.82, 2.24) is 4.98 Å². The van der Waals surface area contributed by atoms with Gasteiger partial charge in [-0.2, -0.15) is 0 Å². The van der Waals surface area contributed by atoms with E-state index in [0.29, 0.717) is 18.8 Å². The average Bonchev–Trinajstić information content (AvgIpc) is 2.92. The molecule has 0 spiro atoms. The van der Waals surface area contributed by atoms with E-state index in [9.17, 15) is 4.79 Å². The molecule has 0 saturated heterocycles. The SMILES string of the molecule is Cc1nc(CC(=O)CC(N)C2CC2)cs1. The van der Waals surface area contributed by atoms with E-state index in [4.69, 9.17) is 5.73 Å². The predicted octanol–water partition coefficient (Wildman–Crippen LogP) is 1.69. The molecule has 2 rings (SSSR count). The van der Waals surface area contributed by atoms with Crippen LogP contribution in [0, 0.1) is 12.8 Å². The minimum Gasteiger partial charge on any atom is -0.327 e. The third-order valence-electron chi connectivity index (χ3n) is 2.74. The summed E-state index contributed by atoms with van der Waals surface area (Å²) in [5, 5.41) is 2.97. The van der Waals surface area contributed by atoms with Crippen molar-refractivity contribution in [3.63, 3.8) is 0 Å². The molecule has 1 aromatic rings. The fourth-order valence-corrected chi connectivity index (χ4v) is 2.33. The number of ketones is 1. The summed E-state index contributed by atoms with van der Waals surface area (Å²) in [5.41, 5.74) is 6.79. The van der Waals surface area contributed by atoms with Crippen LogP contribution < -0.4 is 5.73 Å². The molecule has 0 radical (unpaired) electrons. The maximum atomic E-state index is 11.6. The van der Waals surface area contributed by atoms with Crippen LogP contribution in [0.25, 0.3) is 0 Å². The van der Waals surface area contributed by atoms with Crippen LogP contribution in [0.3, 0.4) is 0 Å². The Kier molecular flexibility index (Phi) is 3.17. The van der Waals surface area contributed by atoms with E-state index in [-0.39, 0.29) is 11.8 Å². The number of nitrogens with two attached hydrogens (primary N) is 1. The molecule has 1 aromatic heterocycles. The lowest BCUT2D eigenvalue weighted by molar-refractivity contribution is -0.118. The zero-order chi connectivity index (χ0) is 10.8. The Bertz CT molecular complexity index is 357. The number of thiazole rings is 1. The number of nitrogens with zero attached hydrogens (tertiary/aromatic N) is 1. The number of Topliss-reactive ketones (excluding diaryl/α,β-unsaturated/α-hetero) is 1. The van der Waals surface area contributed by atoms with Gasteiger partial charge in [0.1, 0.15) is 5.78 Å². The molecule has 1 aliphatic carbocycles. The molecule has 82 valence electrons. The highest BCUT2D eigenvalue weighted by atomic mass is 32.1. The summed E-state index contributed by atoms with van der Waals surface area (Å²) in [4.78, 5) is 15.9. The van der Waals surface area contributed by atoms with Crippen LogP contribution in [0.2, 0.25) is 0 Å². The number of aryl methyl sites for hydroxylation is 1. The predicted molar refractivity (Wildman–Crippen MR) is 60.9 cm³/mol. The van der Waals surface area contributed by atoms with Gasteiger partial charge in [0.2, 0.25) is 0 Å². The van der Waals surface area contributed by atoms with Gasteiger partial charge in [0, 0.05) is 24.3 Å². The molecule has 1 saturated carbocycles. The lowest BCUT2D eigenvalue weighted by Gasteiger charge is -2.07. The van der Waals surface area contributed by atoms with Crippen molar-refractivity contribution in [2.45, 2.75) is 38.6 Å². The highest BCUT2D eigenvalue weighted by Gasteiger charge is 2.29. The fraction of sp³-hybridized carbons (Fsp3) is 0.636. The molecule has 15 heavy (non-hydrogen) atoms. The van der Waals surface area contributed by atoms with Crippen LogP contribution in [0.1, 0.15) is 30.0 Å². The fourth-order valence-electron chi connectivity index (χ4n) is 1.72. The van der Waals surface area contributed by atoms with E-state index in [0.717, 1.165) is 10.7 Å². The lowest BCUT2D eigenvalue weighted by atomic mass is 10.0. The zero-order valence-electron chi connectivity index (χ0n) is 8.90. The summed E-state index contributed by atoms with van der Waals surface area (Å²) in [6.45, 7) is 1.95. The van der Waals surface area contributed by atoms with Gasteiger partial charge in [-0.1, -0.05) is 0 Å². The first-order chi connectivity index (χ1) is 7.15. The maximum Gasteiger partial charge on any atom is 0.140 e. The smallest absolute Gasteiger partial charge is 0.140 e. The molecule has 0 amide bonds. The van der Waals surface area contributed by atoms with Gasteiger partial charge in [-0.3, -0.25) is 4.79 Å². The second-order valence-electron chi connectivity index (χ2n) is 4.28. The molecule has 0 aromatic carbocycles. The molecule has 3 nitrogen and oxygen atoms in total. The van der Waals surface area contributed by atoms with Crippen LogP contribution >= 0.6 is 11.3 Å². The van der Waals surface area contributed by atoms with Crippen molar-refractivity contribution < 1.29 is 4.79 Å². The molecule has 2 N–H and O–H groups in total. The zero-order valence-corrected chi connectivity index (χ0v) is 9.72. The Labute approximate surface area is 93.7 Å². The summed E-state index contributed by atoms with van der Waals surface area (Å²) >= 11 is 1.59. The molecule has 4 heteroatoms. The molecule has 1 heterocycles. The third kappa shape index (κ3) is 3.11. The number of rotatable bonds is 5. The monoisotopic (exact) mass is 224 g/mol. The summed E-state index contributed by atoms with van der Waals surface area (Å²) in [6.07, 6.45) is 3.36. The largest absolute Gasteiger partial charge is 0.327 e. The average molecular weight is 224 g/mol. The van der Waals surface area contributed by atoms with Gasteiger partial charge >= 0.3 is 0 Å². The van der Waals surface area contributed by atoms with Gasteiger partial charge in [0.05, 0.1) is 10.7 Å². The maximum absolute atomic E-state index is 11.6. The van der Waals surface area contributed by atoms with Crippen molar-refractivity contribution in [2.24, 2.45) is 11.7 Å². The first kappa shape index (κ1) is 10.8. The van der Waals surface area contributed by atoms with Crippen molar-refractivity contribution in [3.05, 3.63) is 16.1 Å². The highest BCUT2D eigenvalue weighted by molar-refractivity contribution is 7.09. The Morgan fingerprint density at radius 2 is 2.47 bits per heavy atom. The molecule has 1 aliphatic rings. The first-order valence-corrected chi connectivity index (χ1v) is 6.21. The van der Waals surface area contributed by atoms with Crippen LogP contribution in [0.4, 0.5) is 0 Å². The van der Waals surface area contributed by atoms with Crippen LogP contribution in [0.5, 0.6) is 0 Å². The van der Waals surface area contributed by atoms with E-state index < -0.39 is 0 Å². The minimum absolute atomic E-state index is 0.0808. The van der Waals surface area contributed by atoms with Crippen molar-refractivity contribution in [3.8, 4) is 0 Å². The van der Waals surface area contributed by atoms with Gasteiger partial charge in [0.15, 0.2) is 0 Å². The van der Waals surface area contributed by atoms with Gasteiger partial charge in [-0.05, 0) is 25.7 Å². The third-order valence-corrected chi connectivity index (χ3v) is 3.56. The van der Waals surface area contributed by atoms with Gasteiger partial charge < -0.3 is 5.73 Å². The lowest BCUT2D eigenvalue weighted by Crippen LogP contribution is -2.26. The first-order valence-electron chi connectivity index (χ1n) is 5.33. The number of hydrogen-bond donors (Lipinski definition) is 1. The Hall–Kier alpha value is -0.740. The normalized spacial score (nSPS) is 17.7. The van der Waals surface area contributed by atoms with E-state index >= 15 is 0 Å². The second kappa shape index (κ2) is 4.41. The summed E-state index contributed by atoms with van der Waals surface area (Å²) in [6, 6.07) is 0.0808. The minimum atomic E-state index is 0.0808. The van der Waals surface area contributed by atoms with Crippen molar-refractivity contribution >= 4 is 17.1 Å². The van der Waals surface area contributed by atoms with Crippen LogP contribution in [-0.4, -0.2) is 16.8 Å². The summed E-state index contributed by atoms with van der Waals surface area (Å²) in [7, 11) is 0. The van der Waals surface area contributed by atoms with Crippen LogP contribution in [-0.2, 0) is 11.2 Å². The number of hydrogen-bond acceptors (Lipinski definition) is 4. The van der Waals surface area contributed by atoms with E-state index in [2.05, 4.69) is 4.98 Å². The number of carbonyl (C=O) groups excluding carboxylic acids is 1. The molecule has 0 bridgehead atoms. The Morgan fingerprint density at radius 3 is 3.00 bits per heavy atom. The molecular weight excluding hydrogens is 208 g/mol. The van der Waals surface area contributed by atoms with Crippen molar-refractivity contribution in [1.29, 1.82) is 0 Å². The number of carbonyl (C=O) groups is 1. The highest BCUT2D eigenvalue weighted by Crippen LogP contribution is 2.32. The summed E-state index contributed by atoms with van der Waals surface area (Å²) < 4.78 is 0. The molecule has 0 aliphatic heterocycles. The molecule has 1 fully saturated rings. The standard InChI is InChI=1S/C11H16N2OS/c1-7-13-9(6-15-7)4-10(14)5-11(12)8-2-3-8/h6,8,11H,2-5,12H2,1H3. The van der Waals surface area contributed by atoms with Crippen molar-refractivity contribution in [2.75, 3.05) is 0 Å². The topological polar surface area (TPSA) is 56.0 Å². The van der Waals surface area contributed by atoms with Crippen LogP contribution in [0.15, 0.2) is 5.38 Å². The summed E-state index contributed by atoms with van der Waals surface area (Å²) in [5.74, 6) is 0.825. The molecular formula is C11H16N2OS. The van der Waals surface area contributed by atoms with Gasteiger partial charge in [-0.15, -0.1) is 11.3 Å². The quantitative estimate of drug-likeness (QED) is 0.828. The van der Waals surface area contributed by atoms with E-state index in [1.165, 1.54) is 12.8 Å². The van der Waals surface area contributed by atoms with Gasteiger partial charge in [0.25, 0.3) is 0 Å². The number of aromatic nitrogens is 1. The molecule has 1 unspecified atom stereocenters. The molecule has 1 atom stereocenters. The van der Waals surface area contributed by atoms with E-state index in [1.54, 1.807) is 11.3 Å². The van der Waals surface area contributed by atoms with E-state index in [1.807, 2.05) is 12.3 Å². The van der Waals surface area contributed by atoms with Gasteiger partial charge in [-0.25, -0.2) is 4.98 Å². The Balaban J connectivity index is 1.81. The Morgan fingerprint density at radius 1 is 1.73 bits per heavy atom. The second-order valence-corrected chi connectivity index (χ2v) is 5.34.